The molecule has 250 valence electrons. The molecular weight excluding hydrogens is 604 g/mol. The zero-order valence-electron chi connectivity index (χ0n) is 25.4. The molecule has 6 N–H and O–H groups in total. The van der Waals surface area contributed by atoms with Crippen LogP contribution in [0.15, 0.2) is 48.8 Å². The molecule has 2 aromatic rings. The van der Waals surface area contributed by atoms with Crippen LogP contribution < -0.4 is 20.5 Å². The number of carboxylic acids is 3. The van der Waals surface area contributed by atoms with Crippen LogP contribution in [-0.2, 0) is 41.8 Å². The fraction of sp³-hybridized carbons (Fsp3) is 0.467. The Morgan fingerprint density at radius 3 is 2.26 bits per heavy atom. The molecular formula is C30H41N6O10+. The van der Waals surface area contributed by atoms with Crippen molar-refractivity contribution in [1.29, 1.82) is 0 Å². The topological polar surface area (TPSA) is 228 Å². The van der Waals surface area contributed by atoms with Crippen LogP contribution in [0.2, 0.25) is 0 Å². The number of hydrogen-bond donors (Lipinski definition) is 6. The van der Waals surface area contributed by atoms with Gasteiger partial charge in [-0.25, -0.2) is 19.2 Å². The molecule has 2 heterocycles. The van der Waals surface area contributed by atoms with Crippen LogP contribution in [0.5, 0.6) is 0 Å². The van der Waals surface area contributed by atoms with E-state index < -0.39 is 42.4 Å². The Labute approximate surface area is 265 Å². The second-order valence-corrected chi connectivity index (χ2v) is 10.3. The number of rotatable bonds is 23. The van der Waals surface area contributed by atoms with Crippen LogP contribution in [0.25, 0.3) is 0 Å². The second-order valence-electron chi connectivity index (χ2n) is 10.3. The normalized spacial score (nSPS) is 12.1. The first kappa shape index (κ1) is 37.2. The van der Waals surface area contributed by atoms with Gasteiger partial charge in [-0.05, 0) is 37.8 Å². The molecule has 3 amide bonds. The molecule has 2 atom stereocenters. The Bertz CT molecular complexity index is 1300. The summed E-state index contributed by atoms with van der Waals surface area (Å²) in [5.74, 6) is -4.23. The summed E-state index contributed by atoms with van der Waals surface area (Å²) in [4.78, 5) is 75.6. The van der Waals surface area contributed by atoms with Crippen LogP contribution in [0.3, 0.4) is 0 Å². The van der Waals surface area contributed by atoms with Gasteiger partial charge in [-0.2, -0.15) is 0 Å². The number of nitrogens with one attached hydrogen (secondary N) is 3. The van der Waals surface area contributed by atoms with Crippen molar-refractivity contribution in [2.45, 2.75) is 63.7 Å². The summed E-state index contributed by atoms with van der Waals surface area (Å²) in [5.41, 5.74) is 1.67. The lowest BCUT2D eigenvalue weighted by Gasteiger charge is -2.20. The minimum atomic E-state index is -1.49. The van der Waals surface area contributed by atoms with E-state index in [1.165, 1.54) is 4.57 Å². The van der Waals surface area contributed by atoms with Crippen LogP contribution in [0, 0.1) is 0 Å². The number of ether oxygens (including phenoxy) is 1. The molecule has 2 rings (SSSR count). The highest BCUT2D eigenvalue weighted by molar-refractivity contribution is 5.86. The highest BCUT2D eigenvalue weighted by atomic mass is 16.5. The van der Waals surface area contributed by atoms with Crippen LogP contribution in [-0.4, -0.2) is 99.8 Å². The quantitative estimate of drug-likeness (QED) is 0.0540. The number of aromatic nitrogens is 2. The molecule has 0 saturated carbocycles. The third-order valence-electron chi connectivity index (χ3n) is 6.71. The van der Waals surface area contributed by atoms with Gasteiger partial charge in [0.2, 0.25) is 11.6 Å². The van der Waals surface area contributed by atoms with Crippen molar-refractivity contribution in [1.82, 2.24) is 25.8 Å². The van der Waals surface area contributed by atoms with Crippen molar-refractivity contribution < 1.29 is 53.4 Å². The Morgan fingerprint density at radius 2 is 1.61 bits per heavy atom. The Balaban J connectivity index is 1.67. The first-order valence-electron chi connectivity index (χ1n) is 14.7. The van der Waals surface area contributed by atoms with E-state index in [2.05, 4.69) is 25.8 Å². The number of hydrogen-bond acceptors (Lipinski definition) is 9. The highest BCUT2D eigenvalue weighted by Crippen LogP contribution is 2.07. The standard InChI is InChI=1S/C30H40N6O10/c37-21-36-15-6-3-8-23(36)20-35(19-22-7-1-4-13-31-22)16-18-46-17-12-26(38)32-14-5-2-9-24(28(41)42)33-30(45)34-25(29(43)44)10-11-27(39)40/h1,3-4,6-8,13,15,21,24-25H,2,5,9-12,14,16-20H2,(H5-,32,33,34,38,39,40,41,42,43,44,45)/p+1/t24-,25-/m0/s1. The van der Waals surface area contributed by atoms with E-state index >= 15 is 0 Å². The summed E-state index contributed by atoms with van der Waals surface area (Å²) in [5, 5.41) is 34.2. The van der Waals surface area contributed by atoms with E-state index in [0.717, 1.165) is 17.8 Å². The molecule has 0 bridgehead atoms. The molecule has 2 aromatic heterocycles. The van der Waals surface area contributed by atoms with Gasteiger partial charge in [-0.1, -0.05) is 12.1 Å². The predicted molar refractivity (Wildman–Crippen MR) is 161 cm³/mol. The van der Waals surface area contributed by atoms with Gasteiger partial charge in [0.1, 0.15) is 12.1 Å². The molecule has 0 aromatic carbocycles. The maximum atomic E-state index is 12.2. The molecule has 0 aliphatic carbocycles. The smallest absolute Gasteiger partial charge is 0.380 e. The van der Waals surface area contributed by atoms with E-state index in [0.29, 0.717) is 39.1 Å². The molecule has 46 heavy (non-hydrogen) atoms. The van der Waals surface area contributed by atoms with Crippen LogP contribution in [0.4, 0.5) is 4.79 Å². The number of carbonyl (C=O) groups excluding carboxylic acids is 3. The molecule has 16 heteroatoms. The highest BCUT2D eigenvalue weighted by Gasteiger charge is 2.24. The van der Waals surface area contributed by atoms with Gasteiger partial charge in [0.25, 0.3) is 0 Å². The summed E-state index contributed by atoms with van der Waals surface area (Å²) < 4.78 is 7.19. The lowest BCUT2D eigenvalue weighted by Crippen LogP contribution is -2.51. The van der Waals surface area contributed by atoms with E-state index in [-0.39, 0.29) is 38.3 Å². The molecule has 0 spiro atoms. The van der Waals surface area contributed by atoms with E-state index in [9.17, 15) is 33.9 Å². The first-order valence-corrected chi connectivity index (χ1v) is 14.7. The Morgan fingerprint density at radius 1 is 0.891 bits per heavy atom. The second kappa shape index (κ2) is 20.9. The number of urea groups is 1. The van der Waals surface area contributed by atoms with Gasteiger partial charge in [-0.15, -0.1) is 4.57 Å². The maximum absolute atomic E-state index is 12.2. The summed E-state index contributed by atoms with van der Waals surface area (Å²) in [6, 6.07) is 7.31. The lowest BCUT2D eigenvalue weighted by molar-refractivity contribution is -0.563. The lowest BCUT2D eigenvalue weighted by atomic mass is 10.1. The van der Waals surface area contributed by atoms with Crippen molar-refractivity contribution >= 4 is 36.3 Å². The van der Waals surface area contributed by atoms with Crippen molar-refractivity contribution in [3.63, 3.8) is 0 Å². The van der Waals surface area contributed by atoms with Crippen molar-refractivity contribution in [2.24, 2.45) is 0 Å². The summed E-state index contributed by atoms with van der Waals surface area (Å²) in [6.45, 7) is 2.36. The zero-order chi connectivity index (χ0) is 33.7. The van der Waals surface area contributed by atoms with Crippen LogP contribution in [0.1, 0.15) is 49.9 Å². The van der Waals surface area contributed by atoms with Gasteiger partial charge >= 0.3 is 30.3 Å². The monoisotopic (exact) mass is 645 g/mol. The van der Waals surface area contributed by atoms with Crippen molar-refractivity contribution in [3.05, 3.63) is 60.2 Å². The summed E-state index contributed by atoms with van der Waals surface area (Å²) in [7, 11) is 0. The van der Waals surface area contributed by atoms with Gasteiger partial charge in [-0.3, -0.25) is 19.5 Å². The number of nitrogens with zero attached hydrogens (tertiary/aromatic N) is 3. The molecule has 0 unspecified atom stereocenters. The number of aliphatic carboxylic acids is 3. The van der Waals surface area contributed by atoms with Gasteiger partial charge < -0.3 is 36.0 Å². The van der Waals surface area contributed by atoms with E-state index in [4.69, 9.17) is 14.9 Å². The number of pyridine rings is 2. The minimum absolute atomic E-state index is 0.0272. The largest absolute Gasteiger partial charge is 0.481 e. The number of unbranched alkanes of at least 4 members (excludes halogenated alkanes) is 1. The summed E-state index contributed by atoms with van der Waals surface area (Å²) in [6.07, 6.45) is 4.22. The molecule has 0 radical (unpaired) electrons. The SMILES string of the molecule is O=C[n+]1ccccc1CN(CCOCCC(=O)NCCCC[C@H](NC(=O)N[C@@H](CCC(=O)O)C(=O)O)C(=O)O)Cc1ccccn1. The van der Waals surface area contributed by atoms with E-state index in [1.807, 2.05) is 30.3 Å². The molecule has 0 saturated heterocycles. The summed E-state index contributed by atoms with van der Waals surface area (Å²) >= 11 is 0. The average molecular weight is 646 g/mol. The average Bonchev–Trinajstić information content (AvgIpc) is 3.02. The van der Waals surface area contributed by atoms with Gasteiger partial charge in [0.15, 0.2) is 6.20 Å². The zero-order valence-corrected chi connectivity index (χ0v) is 25.4. The maximum Gasteiger partial charge on any atom is 0.380 e. The predicted octanol–water partition coefficient (Wildman–Crippen LogP) is 0.173. The minimum Gasteiger partial charge on any atom is -0.481 e. The Hall–Kier alpha value is -4.96. The number of carbonyl (C=O) groups is 6. The molecule has 16 nitrogen and oxygen atoms in total. The number of amides is 3. The molecule has 0 aliphatic heterocycles. The Kier molecular flexibility index (Phi) is 16.9. The van der Waals surface area contributed by atoms with Crippen molar-refractivity contribution in [2.75, 3.05) is 26.3 Å². The first-order chi connectivity index (χ1) is 22.1. The molecule has 0 fully saturated rings. The van der Waals surface area contributed by atoms with Crippen LogP contribution >= 0.6 is 0 Å². The van der Waals surface area contributed by atoms with Gasteiger partial charge in [0.05, 0.1) is 25.5 Å². The number of carboxylic acid groups (broad SMARTS) is 3. The third kappa shape index (κ3) is 15.2. The van der Waals surface area contributed by atoms with E-state index in [1.54, 1.807) is 18.5 Å². The van der Waals surface area contributed by atoms with Crippen molar-refractivity contribution in [3.8, 4) is 0 Å². The fourth-order valence-corrected chi connectivity index (χ4v) is 4.28. The molecule has 0 aliphatic rings. The van der Waals surface area contributed by atoms with Gasteiger partial charge in [0, 0.05) is 50.8 Å². The third-order valence-corrected chi connectivity index (χ3v) is 6.71. The fourth-order valence-electron chi connectivity index (χ4n) is 4.28.